The molecule has 6 rings (SSSR count). The molecule has 0 aliphatic heterocycles. The summed E-state index contributed by atoms with van der Waals surface area (Å²) >= 11 is 1.09. The Hall–Kier alpha value is -5.28. The van der Waals surface area contributed by atoms with Gasteiger partial charge in [0.1, 0.15) is 5.69 Å². The fraction of sp³-hybridized carbons (Fsp3) is 0.0882. The van der Waals surface area contributed by atoms with Crippen molar-refractivity contribution in [2.45, 2.75) is 20.3 Å². The molecule has 43 heavy (non-hydrogen) atoms. The Kier molecular flexibility index (Phi) is 7.72. The second-order valence-electron chi connectivity index (χ2n) is 10.4. The maximum absolute atomic E-state index is 13.8. The van der Waals surface area contributed by atoms with Crippen LogP contribution in [0.4, 0.5) is 4.39 Å². The average molecular weight is 589 g/mol. The van der Waals surface area contributed by atoms with Crippen LogP contribution in [0.2, 0.25) is 0 Å². The Morgan fingerprint density at radius 2 is 1.84 bits per heavy atom. The predicted octanol–water partition coefficient (Wildman–Crippen LogP) is 7.48. The number of aromatic nitrogens is 4. The molecule has 214 valence electrons. The summed E-state index contributed by atoms with van der Waals surface area (Å²) in [4.78, 5) is 21.5. The monoisotopic (exact) mass is 588 g/mol. The summed E-state index contributed by atoms with van der Waals surface area (Å²) in [6.45, 7) is 3.95. The average Bonchev–Trinajstić information content (AvgIpc) is 3.73. The predicted molar refractivity (Wildman–Crippen MR) is 172 cm³/mol. The van der Waals surface area contributed by atoms with E-state index in [1.165, 1.54) is 12.3 Å². The Labute approximate surface area is 251 Å². The summed E-state index contributed by atoms with van der Waals surface area (Å²) < 4.78 is 13.8. The zero-order chi connectivity index (χ0) is 29.9. The number of nitrogens with zero attached hydrogens (tertiary/aromatic N) is 2. The number of H-pyrrole nitrogens is 2. The Morgan fingerprint density at radius 1 is 1.00 bits per heavy atom. The molecule has 2 aromatic carbocycles. The lowest BCUT2D eigenvalue weighted by molar-refractivity contribution is -0.119. The van der Waals surface area contributed by atoms with Gasteiger partial charge in [0.05, 0.1) is 29.3 Å². The molecular weight excluding hydrogens is 559 g/mol. The van der Waals surface area contributed by atoms with Crippen molar-refractivity contribution in [3.63, 3.8) is 0 Å². The molecule has 7 nitrogen and oxygen atoms in total. The number of nitrogens with one attached hydrogen (secondary N) is 3. The van der Waals surface area contributed by atoms with Crippen LogP contribution in [-0.4, -0.2) is 26.1 Å². The SMILES string of the molecule is CC(C)=C/C(=C\C(=C/N)c1ccc2[nH]nc(-c3cc4c(-c5ccc(F)s5)cncc4[nH]3)c2c1)NC(=O)Cc1ccccc1. The number of hydrogen-bond acceptors (Lipinski definition) is 5. The van der Waals surface area contributed by atoms with Gasteiger partial charge >= 0.3 is 0 Å². The maximum atomic E-state index is 13.8. The van der Waals surface area contributed by atoms with E-state index in [2.05, 4.69) is 25.5 Å². The number of carbonyl (C=O) groups excluding carboxylic acids is 1. The number of halogens is 1. The molecular formula is C34H29FN6OS. The number of aromatic amines is 2. The number of rotatable bonds is 8. The van der Waals surface area contributed by atoms with Crippen molar-refractivity contribution in [2.24, 2.45) is 5.73 Å². The van der Waals surface area contributed by atoms with E-state index in [1.807, 2.05) is 80.6 Å². The van der Waals surface area contributed by atoms with Gasteiger partial charge in [-0.1, -0.05) is 42.0 Å². The van der Waals surface area contributed by atoms with Gasteiger partial charge in [-0.25, -0.2) is 0 Å². The molecule has 0 bridgehead atoms. The molecule has 0 unspecified atom stereocenters. The van der Waals surface area contributed by atoms with Crippen LogP contribution in [0.5, 0.6) is 0 Å². The minimum atomic E-state index is -0.241. The van der Waals surface area contributed by atoms with Crippen LogP contribution in [0, 0.1) is 5.13 Å². The number of thiophene rings is 1. The second-order valence-corrected chi connectivity index (χ2v) is 11.5. The van der Waals surface area contributed by atoms with E-state index in [4.69, 9.17) is 5.73 Å². The van der Waals surface area contributed by atoms with Crippen molar-refractivity contribution in [3.05, 3.63) is 125 Å². The van der Waals surface area contributed by atoms with Gasteiger partial charge in [-0.05, 0) is 73.0 Å². The van der Waals surface area contributed by atoms with Gasteiger partial charge in [0.25, 0.3) is 0 Å². The smallest absolute Gasteiger partial charge is 0.228 e. The van der Waals surface area contributed by atoms with Gasteiger partial charge < -0.3 is 16.0 Å². The van der Waals surface area contributed by atoms with Crippen LogP contribution in [-0.2, 0) is 11.2 Å². The minimum absolute atomic E-state index is 0.114. The lowest BCUT2D eigenvalue weighted by atomic mass is 10.0. The Bertz CT molecular complexity index is 2040. The van der Waals surface area contributed by atoms with Crippen LogP contribution in [0.25, 0.3) is 49.2 Å². The van der Waals surface area contributed by atoms with Crippen molar-refractivity contribution in [3.8, 4) is 21.8 Å². The fourth-order valence-electron chi connectivity index (χ4n) is 5.04. The molecule has 5 N–H and O–H groups in total. The molecule has 6 aromatic rings. The molecule has 0 fully saturated rings. The van der Waals surface area contributed by atoms with Crippen LogP contribution in [0.3, 0.4) is 0 Å². The van der Waals surface area contributed by atoms with Gasteiger partial charge in [0.15, 0.2) is 5.13 Å². The molecule has 0 saturated carbocycles. The minimum Gasteiger partial charge on any atom is -0.404 e. The highest BCUT2D eigenvalue weighted by atomic mass is 32.1. The van der Waals surface area contributed by atoms with Gasteiger partial charge in [0.2, 0.25) is 5.91 Å². The van der Waals surface area contributed by atoms with Crippen LogP contribution < -0.4 is 11.1 Å². The van der Waals surface area contributed by atoms with Crippen molar-refractivity contribution < 1.29 is 9.18 Å². The van der Waals surface area contributed by atoms with E-state index in [0.717, 1.165) is 77.2 Å². The highest BCUT2D eigenvalue weighted by Gasteiger charge is 2.16. The van der Waals surface area contributed by atoms with Crippen LogP contribution in [0.1, 0.15) is 25.0 Å². The van der Waals surface area contributed by atoms with Gasteiger partial charge in [-0.3, -0.25) is 14.9 Å². The molecule has 4 heterocycles. The molecule has 0 saturated heterocycles. The Morgan fingerprint density at radius 3 is 2.58 bits per heavy atom. The summed E-state index contributed by atoms with van der Waals surface area (Å²) in [6.07, 6.45) is 9.10. The zero-order valence-corrected chi connectivity index (χ0v) is 24.4. The summed E-state index contributed by atoms with van der Waals surface area (Å²) in [5.41, 5.74) is 14.4. The second kappa shape index (κ2) is 11.9. The molecule has 0 aliphatic carbocycles. The number of fused-ring (bicyclic) bond motifs is 2. The largest absolute Gasteiger partial charge is 0.404 e. The first-order valence-electron chi connectivity index (χ1n) is 13.7. The van der Waals surface area contributed by atoms with E-state index < -0.39 is 0 Å². The zero-order valence-electron chi connectivity index (χ0n) is 23.6. The van der Waals surface area contributed by atoms with E-state index in [0.29, 0.717) is 5.70 Å². The third kappa shape index (κ3) is 6.02. The fourth-order valence-corrected chi connectivity index (χ4v) is 5.79. The number of nitrogens with two attached hydrogens (primary N) is 1. The van der Waals surface area contributed by atoms with Gasteiger partial charge in [0, 0.05) is 39.3 Å². The highest BCUT2D eigenvalue weighted by molar-refractivity contribution is 7.14. The van der Waals surface area contributed by atoms with E-state index in [9.17, 15) is 9.18 Å². The molecule has 9 heteroatoms. The summed E-state index contributed by atoms with van der Waals surface area (Å²) in [5, 5.41) is 12.3. The maximum Gasteiger partial charge on any atom is 0.228 e. The molecule has 0 spiro atoms. The Balaban J connectivity index is 1.34. The lowest BCUT2D eigenvalue weighted by Crippen LogP contribution is -2.24. The van der Waals surface area contributed by atoms with E-state index in [1.54, 1.807) is 18.5 Å². The van der Waals surface area contributed by atoms with Crippen molar-refractivity contribution in [1.82, 2.24) is 25.5 Å². The lowest BCUT2D eigenvalue weighted by Gasteiger charge is -2.10. The first-order chi connectivity index (χ1) is 20.9. The number of pyridine rings is 1. The third-order valence-corrected chi connectivity index (χ3v) is 7.87. The van der Waals surface area contributed by atoms with Gasteiger partial charge in [-0.15, -0.1) is 11.3 Å². The molecule has 0 atom stereocenters. The molecule has 0 radical (unpaired) electrons. The first kappa shape index (κ1) is 27.9. The highest BCUT2D eigenvalue weighted by Crippen LogP contribution is 2.36. The number of benzene rings is 2. The van der Waals surface area contributed by atoms with E-state index >= 15 is 0 Å². The summed E-state index contributed by atoms with van der Waals surface area (Å²) in [6, 6.07) is 20.8. The normalized spacial score (nSPS) is 12.2. The molecule has 4 aromatic heterocycles. The number of amides is 1. The van der Waals surface area contributed by atoms with Crippen molar-refractivity contribution in [2.75, 3.05) is 0 Å². The standard InChI is InChI=1S/C34H29FN6OS/c1-20(2)12-24(38-33(42)13-21-6-4-3-5-7-21)14-23(17-36)22-8-9-28-26(15-22)34(41-40-28)29-16-25-27(18-37-19-30(25)39-29)31-10-11-32(35)43-31/h3-12,14-19,39H,13,36H2,1-2H3,(H,38,42)(H,40,41)/b23-17+,24-14+. The van der Waals surface area contributed by atoms with Crippen LogP contribution >= 0.6 is 11.3 Å². The quantitative estimate of drug-likeness (QED) is 0.138. The van der Waals surface area contributed by atoms with Crippen molar-refractivity contribution >= 4 is 44.6 Å². The summed E-state index contributed by atoms with van der Waals surface area (Å²) in [5.74, 6) is -0.114. The first-order valence-corrected chi connectivity index (χ1v) is 14.5. The van der Waals surface area contributed by atoms with Crippen molar-refractivity contribution in [1.29, 1.82) is 0 Å². The summed E-state index contributed by atoms with van der Waals surface area (Å²) in [7, 11) is 0. The molecule has 1 amide bonds. The van der Waals surface area contributed by atoms with Crippen LogP contribution in [0.15, 0.2) is 109 Å². The van der Waals surface area contributed by atoms with Gasteiger partial charge in [-0.2, -0.15) is 9.49 Å². The number of carbonyl (C=O) groups is 1. The third-order valence-electron chi connectivity index (χ3n) is 6.96. The number of hydrogen-bond donors (Lipinski definition) is 4. The molecule has 0 aliphatic rings. The number of allylic oxidation sites excluding steroid dienone is 4. The topological polar surface area (TPSA) is 112 Å². The van der Waals surface area contributed by atoms with E-state index in [-0.39, 0.29) is 17.5 Å².